The molecule has 5 rings (SSSR count). The second-order valence-electron chi connectivity index (χ2n) is 13.2. The van der Waals surface area contributed by atoms with E-state index in [0.29, 0.717) is 31.2 Å². The predicted octanol–water partition coefficient (Wildman–Crippen LogP) is 2.20. The molecule has 0 radical (unpaired) electrons. The number of benzene rings is 1. The van der Waals surface area contributed by atoms with Crippen LogP contribution in [0.15, 0.2) is 49.6 Å². The summed E-state index contributed by atoms with van der Waals surface area (Å²) in [5.74, 6) is -3.34. The van der Waals surface area contributed by atoms with Gasteiger partial charge in [-0.1, -0.05) is 43.3 Å². The van der Waals surface area contributed by atoms with Gasteiger partial charge in [0.2, 0.25) is 17.7 Å². The largest absolute Gasteiger partial charge is 0.460 e. The van der Waals surface area contributed by atoms with Crippen molar-refractivity contribution < 1.29 is 33.8 Å². The highest BCUT2D eigenvalue weighted by atomic mass is 16.6. The molecule has 1 aromatic heterocycles. The van der Waals surface area contributed by atoms with Crippen molar-refractivity contribution in [1.29, 1.82) is 0 Å². The SMILES string of the molecule is C=CCCC(=O)NC[C@@H](C)OC(=O)[C@@H]1[C@@H]2CC[C@]3(O2)[C@H](C(=O)N(CC=C)Cn2nnc4ccccc42)N([C@@H](CO)CC(C)C)C(=O)[C@@H]13. The summed E-state index contributed by atoms with van der Waals surface area (Å²) >= 11 is 0. The number of aliphatic hydroxyl groups is 1. The smallest absolute Gasteiger partial charge is 0.312 e. The molecule has 0 saturated carbocycles. The lowest BCUT2D eigenvalue weighted by molar-refractivity contribution is -0.160. The molecule has 3 aliphatic rings. The summed E-state index contributed by atoms with van der Waals surface area (Å²) in [5.41, 5.74) is 0.139. The summed E-state index contributed by atoms with van der Waals surface area (Å²) in [6.45, 7) is 13.1. The van der Waals surface area contributed by atoms with E-state index in [0.717, 1.165) is 5.52 Å². The average molecular weight is 651 g/mol. The van der Waals surface area contributed by atoms with Gasteiger partial charge in [-0.3, -0.25) is 19.2 Å². The van der Waals surface area contributed by atoms with Crippen molar-refractivity contribution in [3.05, 3.63) is 49.6 Å². The van der Waals surface area contributed by atoms with Gasteiger partial charge in [0.05, 0.1) is 42.6 Å². The van der Waals surface area contributed by atoms with E-state index in [2.05, 4.69) is 28.8 Å². The van der Waals surface area contributed by atoms with Crippen LogP contribution in [0.4, 0.5) is 0 Å². The lowest BCUT2D eigenvalue weighted by atomic mass is 9.70. The third-order valence-corrected chi connectivity index (χ3v) is 9.46. The van der Waals surface area contributed by atoms with Gasteiger partial charge >= 0.3 is 5.97 Å². The van der Waals surface area contributed by atoms with Crippen LogP contribution in [0.1, 0.15) is 52.9 Å². The molecule has 47 heavy (non-hydrogen) atoms. The van der Waals surface area contributed by atoms with Gasteiger partial charge in [0, 0.05) is 13.0 Å². The predicted molar refractivity (Wildman–Crippen MR) is 172 cm³/mol. The van der Waals surface area contributed by atoms with E-state index in [1.165, 1.54) is 4.90 Å². The molecule has 254 valence electrons. The van der Waals surface area contributed by atoms with E-state index in [1.54, 1.807) is 28.7 Å². The quantitative estimate of drug-likeness (QED) is 0.205. The first-order chi connectivity index (χ1) is 22.6. The van der Waals surface area contributed by atoms with Crippen LogP contribution in [0.3, 0.4) is 0 Å². The Bertz CT molecular complexity index is 1510. The maximum absolute atomic E-state index is 14.8. The van der Waals surface area contributed by atoms with Crippen molar-refractivity contribution in [2.24, 2.45) is 17.8 Å². The number of hydrogen-bond donors (Lipinski definition) is 2. The molecule has 4 heterocycles. The van der Waals surface area contributed by atoms with Gasteiger partial charge in [0.25, 0.3) is 0 Å². The number of likely N-dealkylation sites (tertiary alicyclic amines) is 1. The molecule has 3 aliphatic heterocycles. The normalized spacial score (nSPS) is 25.9. The monoisotopic (exact) mass is 650 g/mol. The molecule has 2 aromatic rings. The van der Waals surface area contributed by atoms with Crippen molar-refractivity contribution in [3.63, 3.8) is 0 Å². The second kappa shape index (κ2) is 14.3. The topological polar surface area (TPSA) is 156 Å². The zero-order valence-corrected chi connectivity index (χ0v) is 27.4. The van der Waals surface area contributed by atoms with Crippen LogP contribution in [0.25, 0.3) is 11.0 Å². The first-order valence-electron chi connectivity index (χ1n) is 16.4. The van der Waals surface area contributed by atoms with E-state index < -0.39 is 53.6 Å². The van der Waals surface area contributed by atoms with E-state index in [1.807, 2.05) is 38.1 Å². The maximum Gasteiger partial charge on any atom is 0.312 e. The second-order valence-corrected chi connectivity index (χ2v) is 13.2. The summed E-state index contributed by atoms with van der Waals surface area (Å²) in [7, 11) is 0. The number of hydrogen-bond acceptors (Lipinski definition) is 9. The van der Waals surface area contributed by atoms with Gasteiger partial charge in [0.1, 0.15) is 29.9 Å². The number of esters is 1. The molecule has 3 saturated heterocycles. The van der Waals surface area contributed by atoms with Gasteiger partial charge in [0.15, 0.2) is 0 Å². The minimum Gasteiger partial charge on any atom is -0.460 e. The number of nitrogens with zero attached hydrogens (tertiary/aromatic N) is 5. The molecule has 3 amide bonds. The fourth-order valence-electron chi connectivity index (χ4n) is 7.48. The molecule has 2 N–H and O–H groups in total. The minimum atomic E-state index is -1.28. The molecule has 3 fully saturated rings. The van der Waals surface area contributed by atoms with Crippen molar-refractivity contribution in [1.82, 2.24) is 30.1 Å². The first-order valence-corrected chi connectivity index (χ1v) is 16.4. The third-order valence-electron chi connectivity index (χ3n) is 9.46. The van der Waals surface area contributed by atoms with E-state index >= 15 is 0 Å². The first kappa shape index (κ1) is 34.2. The molecule has 0 unspecified atom stereocenters. The van der Waals surface area contributed by atoms with Gasteiger partial charge < -0.3 is 29.7 Å². The Balaban J connectivity index is 1.44. The molecular weight excluding hydrogens is 604 g/mol. The van der Waals surface area contributed by atoms with Crippen molar-refractivity contribution in [3.8, 4) is 0 Å². The molecular formula is C34H46N6O7. The number of nitrogens with one attached hydrogen (secondary N) is 1. The summed E-state index contributed by atoms with van der Waals surface area (Å²) in [6.07, 6.45) is 4.14. The molecule has 0 aliphatic carbocycles. The summed E-state index contributed by atoms with van der Waals surface area (Å²) < 4.78 is 14.0. The summed E-state index contributed by atoms with van der Waals surface area (Å²) in [6, 6.07) is 5.66. The number of allylic oxidation sites excluding steroid dienone is 1. The fraction of sp³-hybridized carbons (Fsp3) is 0.588. The van der Waals surface area contributed by atoms with Crippen LogP contribution in [0.2, 0.25) is 0 Å². The Morgan fingerprint density at radius 1 is 1.23 bits per heavy atom. The highest BCUT2D eigenvalue weighted by Crippen LogP contribution is 2.59. The van der Waals surface area contributed by atoms with Crippen LogP contribution in [0.5, 0.6) is 0 Å². The molecule has 7 atom stereocenters. The van der Waals surface area contributed by atoms with Crippen molar-refractivity contribution in [2.75, 3.05) is 19.7 Å². The lowest BCUT2D eigenvalue weighted by Crippen LogP contribution is -2.59. The van der Waals surface area contributed by atoms with Crippen molar-refractivity contribution >= 4 is 34.7 Å². The summed E-state index contributed by atoms with van der Waals surface area (Å²) in [5, 5.41) is 21.8. The number of rotatable bonds is 16. The highest BCUT2D eigenvalue weighted by Gasteiger charge is 2.75. The zero-order valence-electron chi connectivity index (χ0n) is 27.4. The summed E-state index contributed by atoms with van der Waals surface area (Å²) in [4.78, 5) is 58.1. The molecule has 13 nitrogen and oxygen atoms in total. The Kier molecular flexibility index (Phi) is 10.5. The highest BCUT2D eigenvalue weighted by molar-refractivity contribution is 5.98. The van der Waals surface area contributed by atoms with Gasteiger partial charge in [-0.2, -0.15) is 0 Å². The third kappa shape index (κ3) is 6.55. The number of ether oxygens (including phenoxy) is 2. The zero-order chi connectivity index (χ0) is 33.9. The molecule has 2 bridgehead atoms. The van der Waals surface area contributed by atoms with Gasteiger partial charge in [-0.05, 0) is 50.7 Å². The molecule has 1 aromatic carbocycles. The standard InChI is InChI=1S/C34H46N6O7/c1-6-8-13-27(42)35-18-22(5)46-33(45)28-26-14-15-34(47-26)29(28)31(43)40(23(19-41)17-21(3)4)30(34)32(44)38(16-7-2)20-39-25-12-10-9-11-24(25)36-37-39/h6-7,9-12,21-23,26,28-30,41H,1-2,8,13-20H2,3-5H3,(H,35,42)/t22-,23-,26+,28-,29-,30+,34-/m1/s1. The maximum atomic E-state index is 14.8. The van der Waals surface area contributed by atoms with Crippen LogP contribution in [-0.2, 0) is 35.3 Å². The number of amides is 3. The van der Waals surface area contributed by atoms with Crippen LogP contribution < -0.4 is 5.32 Å². The van der Waals surface area contributed by atoms with Crippen LogP contribution in [0, 0.1) is 17.8 Å². The average Bonchev–Trinajstić information content (AvgIpc) is 3.80. The van der Waals surface area contributed by atoms with E-state index in [-0.39, 0.29) is 50.5 Å². The van der Waals surface area contributed by atoms with E-state index in [4.69, 9.17) is 9.47 Å². The minimum absolute atomic E-state index is 0.0452. The Morgan fingerprint density at radius 3 is 2.70 bits per heavy atom. The van der Waals surface area contributed by atoms with E-state index in [9.17, 15) is 24.3 Å². The number of aliphatic hydroxyl groups excluding tert-OH is 1. The number of aromatic nitrogens is 3. The number of carbonyl (C=O) groups is 4. The molecule has 1 spiro atoms. The number of carbonyl (C=O) groups excluding carboxylic acids is 4. The fourth-order valence-corrected chi connectivity index (χ4v) is 7.48. The van der Waals surface area contributed by atoms with Gasteiger partial charge in [-0.15, -0.1) is 18.3 Å². The Morgan fingerprint density at radius 2 is 2.00 bits per heavy atom. The van der Waals surface area contributed by atoms with Crippen LogP contribution in [-0.4, -0.2) is 103 Å². The van der Waals surface area contributed by atoms with Crippen LogP contribution >= 0.6 is 0 Å². The number of fused-ring (bicyclic) bond motifs is 2. The Labute approximate surface area is 274 Å². The molecule has 13 heteroatoms. The lowest BCUT2D eigenvalue weighted by Gasteiger charge is -2.39. The Hall–Kier alpha value is -4.10. The van der Waals surface area contributed by atoms with Gasteiger partial charge in [-0.25, -0.2) is 4.68 Å². The van der Waals surface area contributed by atoms with Crippen molar-refractivity contribution in [2.45, 2.75) is 89.4 Å². The number of para-hydroxylation sites is 1.